The maximum absolute atomic E-state index is 12.0. The Morgan fingerprint density at radius 1 is 1.16 bits per heavy atom. The number of carbonyl (C=O) groups is 1. The Bertz CT molecular complexity index is 887. The first kappa shape index (κ1) is 24.2. The molecule has 1 aromatic heterocycles. The third-order valence-electron chi connectivity index (χ3n) is 6.67. The monoisotopic (exact) mass is 443 g/mol. The van der Waals surface area contributed by atoms with Crippen LogP contribution in [0.2, 0.25) is 0 Å². The number of β-amino-alcohol motifs (C(OH)–C–C–N with tert-alkyl or cyclic N) is 1. The lowest BCUT2D eigenvalue weighted by molar-refractivity contribution is 0.00269. The van der Waals surface area contributed by atoms with Gasteiger partial charge in [-0.1, -0.05) is 89.2 Å². The van der Waals surface area contributed by atoms with Gasteiger partial charge in [0.05, 0.1) is 12.6 Å². The van der Waals surface area contributed by atoms with Gasteiger partial charge in [0.15, 0.2) is 0 Å². The maximum Gasteiger partial charge on any atom is 0.408 e. The molecule has 1 fully saturated rings. The van der Waals surface area contributed by atoms with Gasteiger partial charge in [-0.3, -0.25) is 4.90 Å². The topological polar surface area (TPSA) is 99.7 Å². The summed E-state index contributed by atoms with van der Waals surface area (Å²) in [5, 5.41) is 24.3. The van der Waals surface area contributed by atoms with Gasteiger partial charge in [-0.25, -0.2) is 4.79 Å². The Balaban J connectivity index is 1.75. The van der Waals surface area contributed by atoms with E-state index in [1.807, 2.05) is 32.9 Å². The van der Waals surface area contributed by atoms with Crippen molar-refractivity contribution in [2.45, 2.75) is 90.7 Å². The average molecular weight is 444 g/mol. The van der Waals surface area contributed by atoms with Crippen molar-refractivity contribution >= 4 is 6.09 Å². The number of hydrogen-bond donors (Lipinski definition) is 2. The molecule has 1 saturated heterocycles. The molecular weight excluding hydrogens is 406 g/mol. The van der Waals surface area contributed by atoms with Crippen molar-refractivity contribution in [2.24, 2.45) is 5.41 Å². The van der Waals surface area contributed by atoms with Gasteiger partial charge in [0.1, 0.15) is 5.54 Å². The first-order chi connectivity index (χ1) is 15.2. The fraction of sp³-hybridized carbons (Fsp3) is 0.640. The molecule has 176 valence electrons. The molecular formula is C25H37N3O4. The minimum atomic E-state index is -1.10. The predicted molar refractivity (Wildman–Crippen MR) is 123 cm³/mol. The van der Waals surface area contributed by atoms with Crippen LogP contribution in [-0.2, 0) is 12.0 Å². The smallest absolute Gasteiger partial charge is 0.408 e. The summed E-state index contributed by atoms with van der Waals surface area (Å²) >= 11 is 0. The molecule has 0 radical (unpaired) electrons. The third kappa shape index (κ3) is 4.98. The molecule has 2 atom stereocenters. The van der Waals surface area contributed by atoms with E-state index in [0.717, 1.165) is 12.0 Å². The Morgan fingerprint density at radius 2 is 1.81 bits per heavy atom. The van der Waals surface area contributed by atoms with Crippen LogP contribution in [0.1, 0.15) is 84.1 Å². The molecule has 7 heteroatoms. The van der Waals surface area contributed by atoms with Crippen LogP contribution in [0.5, 0.6) is 0 Å². The molecule has 2 N–H and O–H groups in total. The summed E-state index contributed by atoms with van der Waals surface area (Å²) in [6, 6.07) is 8.17. The summed E-state index contributed by atoms with van der Waals surface area (Å²) in [4.78, 5) is 17.8. The van der Waals surface area contributed by atoms with Gasteiger partial charge in [-0.05, 0) is 23.8 Å². The normalized spacial score (nSPS) is 21.3. The molecule has 0 spiro atoms. The number of carboxylic acid groups (broad SMARTS) is 1. The first-order valence-corrected chi connectivity index (χ1v) is 11.8. The number of aromatic nitrogens is 2. The van der Waals surface area contributed by atoms with E-state index in [1.54, 1.807) is 0 Å². The summed E-state index contributed by atoms with van der Waals surface area (Å²) < 4.78 is 5.63. The largest absolute Gasteiger partial charge is 0.465 e. The van der Waals surface area contributed by atoms with Crippen molar-refractivity contribution < 1.29 is 19.5 Å². The Morgan fingerprint density at radius 3 is 2.44 bits per heavy atom. The molecule has 0 aliphatic carbocycles. The Hall–Kier alpha value is -2.41. The Labute approximate surface area is 190 Å². The molecule has 0 saturated carbocycles. The molecule has 3 rings (SSSR count). The van der Waals surface area contributed by atoms with Crippen molar-refractivity contribution in [3.8, 4) is 11.4 Å². The molecule has 2 heterocycles. The zero-order valence-corrected chi connectivity index (χ0v) is 19.8. The summed E-state index contributed by atoms with van der Waals surface area (Å²) in [5.74, 6) is 0.663. The molecule has 7 nitrogen and oxygen atoms in total. The van der Waals surface area contributed by atoms with Crippen molar-refractivity contribution in [3.63, 3.8) is 0 Å². The minimum Gasteiger partial charge on any atom is -0.465 e. The van der Waals surface area contributed by atoms with Crippen LogP contribution in [0, 0.1) is 5.41 Å². The minimum absolute atomic E-state index is 0.0253. The third-order valence-corrected chi connectivity index (χ3v) is 6.67. The van der Waals surface area contributed by atoms with E-state index in [0.29, 0.717) is 5.82 Å². The average Bonchev–Trinajstić information content (AvgIpc) is 3.36. The fourth-order valence-electron chi connectivity index (χ4n) is 4.80. The van der Waals surface area contributed by atoms with Gasteiger partial charge in [0.2, 0.25) is 5.82 Å². The molecule has 32 heavy (non-hydrogen) atoms. The second kappa shape index (κ2) is 10.0. The van der Waals surface area contributed by atoms with Crippen LogP contribution in [0.4, 0.5) is 4.79 Å². The highest BCUT2D eigenvalue weighted by Crippen LogP contribution is 2.51. The van der Waals surface area contributed by atoms with E-state index in [9.17, 15) is 15.0 Å². The number of aryl methyl sites for hydroxylation is 1. The highest BCUT2D eigenvalue weighted by molar-refractivity contribution is 5.67. The van der Waals surface area contributed by atoms with Gasteiger partial charge < -0.3 is 14.7 Å². The molecule has 1 amide bonds. The number of benzene rings is 1. The molecule has 0 unspecified atom stereocenters. The van der Waals surface area contributed by atoms with E-state index >= 15 is 0 Å². The number of aliphatic hydroxyl groups is 1. The number of rotatable bonds is 9. The van der Waals surface area contributed by atoms with Crippen LogP contribution in [0.3, 0.4) is 0 Å². The zero-order chi connectivity index (χ0) is 23.4. The predicted octanol–water partition coefficient (Wildman–Crippen LogP) is 5.63. The maximum atomic E-state index is 12.0. The molecule has 1 aliphatic heterocycles. The van der Waals surface area contributed by atoms with Crippen LogP contribution in [0.25, 0.3) is 11.4 Å². The number of likely N-dealkylation sites (tertiary alicyclic amines) is 1. The van der Waals surface area contributed by atoms with Crippen LogP contribution in [0.15, 0.2) is 28.8 Å². The highest BCUT2D eigenvalue weighted by atomic mass is 16.5. The zero-order valence-electron chi connectivity index (χ0n) is 19.8. The van der Waals surface area contributed by atoms with Gasteiger partial charge in [0, 0.05) is 12.0 Å². The van der Waals surface area contributed by atoms with E-state index in [4.69, 9.17) is 4.52 Å². The quantitative estimate of drug-likeness (QED) is 0.488. The standard InChI is InChI=1S/C25H37N3O4/c1-5-6-7-8-9-10-11-18-12-14-19(15-13-18)21-26-22(32-27-21)25(24(2,3)4)16-20(29)17-28(25)23(30)31/h12-15,20,29H,5-11,16-17H2,1-4H3,(H,30,31)/t20-,25-/m1/s1. The number of aliphatic hydroxyl groups excluding tert-OH is 1. The summed E-state index contributed by atoms with van der Waals surface area (Å²) in [5.41, 5.74) is 0.487. The fourth-order valence-corrected chi connectivity index (χ4v) is 4.80. The van der Waals surface area contributed by atoms with Gasteiger partial charge in [-0.2, -0.15) is 4.98 Å². The van der Waals surface area contributed by atoms with E-state index in [2.05, 4.69) is 29.2 Å². The lowest BCUT2D eigenvalue weighted by atomic mass is 9.71. The molecule has 1 aromatic carbocycles. The summed E-state index contributed by atoms with van der Waals surface area (Å²) in [6.45, 7) is 8.06. The Kier molecular flexibility index (Phi) is 7.59. The van der Waals surface area contributed by atoms with E-state index < -0.39 is 23.2 Å². The second-order valence-electron chi connectivity index (χ2n) is 10.00. The van der Waals surface area contributed by atoms with Gasteiger partial charge in [-0.15, -0.1) is 0 Å². The number of nitrogens with zero attached hydrogens (tertiary/aromatic N) is 3. The van der Waals surface area contributed by atoms with Crippen molar-refractivity contribution in [2.75, 3.05) is 6.54 Å². The SMILES string of the molecule is CCCCCCCCc1ccc(-c2noc([C@@]3(C(C)(C)C)C[C@@H](O)CN3C(=O)O)n2)cc1. The second-order valence-corrected chi connectivity index (χ2v) is 10.00. The van der Waals surface area contributed by atoms with Crippen molar-refractivity contribution in [3.05, 3.63) is 35.7 Å². The summed E-state index contributed by atoms with van der Waals surface area (Å²) in [6.07, 6.45) is 7.07. The number of hydrogen-bond acceptors (Lipinski definition) is 5. The first-order valence-electron chi connectivity index (χ1n) is 11.8. The van der Waals surface area contributed by atoms with Gasteiger partial charge >= 0.3 is 6.09 Å². The van der Waals surface area contributed by atoms with Crippen LogP contribution >= 0.6 is 0 Å². The number of unbranched alkanes of at least 4 members (excludes halogenated alkanes) is 5. The van der Waals surface area contributed by atoms with Crippen LogP contribution < -0.4 is 0 Å². The van der Waals surface area contributed by atoms with Crippen LogP contribution in [-0.4, -0.2) is 44.0 Å². The van der Waals surface area contributed by atoms with Gasteiger partial charge in [0.25, 0.3) is 5.89 Å². The molecule has 1 aliphatic rings. The molecule has 0 bridgehead atoms. The van der Waals surface area contributed by atoms with E-state index in [-0.39, 0.29) is 18.9 Å². The lowest BCUT2D eigenvalue weighted by Gasteiger charge is -2.43. The molecule has 2 aromatic rings. The lowest BCUT2D eigenvalue weighted by Crippen LogP contribution is -2.53. The van der Waals surface area contributed by atoms with Crippen molar-refractivity contribution in [1.29, 1.82) is 0 Å². The summed E-state index contributed by atoms with van der Waals surface area (Å²) in [7, 11) is 0. The van der Waals surface area contributed by atoms with Crippen molar-refractivity contribution in [1.82, 2.24) is 15.0 Å². The highest BCUT2D eigenvalue weighted by Gasteiger charge is 2.59. The number of amides is 1. The van der Waals surface area contributed by atoms with E-state index in [1.165, 1.54) is 49.0 Å².